The van der Waals surface area contributed by atoms with Crippen LogP contribution in [0.5, 0.6) is 0 Å². The van der Waals surface area contributed by atoms with Crippen LogP contribution >= 0.6 is 0 Å². The van der Waals surface area contributed by atoms with Crippen LogP contribution in [0.1, 0.15) is 19.6 Å². The van der Waals surface area contributed by atoms with Gasteiger partial charge in [-0.1, -0.05) is 5.57 Å². The van der Waals surface area contributed by atoms with Gasteiger partial charge in [0, 0.05) is 18.8 Å². The van der Waals surface area contributed by atoms with E-state index in [1.165, 1.54) is 6.20 Å². The third-order valence-electron chi connectivity index (χ3n) is 3.68. The standard InChI is InChI=1S/C15H23N3O6/c1-9(2)3-5-16-8-23-7-10-12(20)13(21)14(24-10)18-6-4-11(19)17-15(18)22/h4,6,10,12-14,16,20-21H,1,3,5,7-8H2,2H3,(H,17,19,22)/t10-,12-,13-,14-/m1/s1. The molecule has 1 fully saturated rings. The zero-order valence-electron chi connectivity index (χ0n) is 13.5. The van der Waals surface area contributed by atoms with E-state index in [4.69, 9.17) is 9.47 Å². The number of nitrogens with one attached hydrogen (secondary N) is 2. The van der Waals surface area contributed by atoms with Crippen LogP contribution < -0.4 is 16.6 Å². The summed E-state index contributed by atoms with van der Waals surface area (Å²) < 4.78 is 11.9. The number of aromatic nitrogens is 2. The van der Waals surface area contributed by atoms with Crippen molar-refractivity contribution < 1.29 is 19.7 Å². The minimum absolute atomic E-state index is 0.0485. The molecule has 1 aliphatic heterocycles. The normalized spacial score (nSPS) is 26.6. The fourth-order valence-electron chi connectivity index (χ4n) is 2.35. The van der Waals surface area contributed by atoms with Gasteiger partial charge >= 0.3 is 5.69 Å². The fraction of sp³-hybridized carbons (Fsp3) is 0.600. The third-order valence-corrected chi connectivity index (χ3v) is 3.68. The first-order chi connectivity index (χ1) is 11.4. The second kappa shape index (κ2) is 8.36. The summed E-state index contributed by atoms with van der Waals surface area (Å²) in [6, 6.07) is 1.14. The Hall–Kier alpha value is -1.78. The number of aromatic amines is 1. The number of aliphatic hydroxyl groups excluding tert-OH is 2. The SMILES string of the molecule is C=C(C)CCNCOC[C@H]1O[C@@H](n2ccc(=O)[nH]c2=O)[C@H](O)[C@@H]1O. The van der Waals surface area contributed by atoms with Crippen LogP contribution in [-0.4, -0.2) is 58.0 Å². The van der Waals surface area contributed by atoms with Crippen LogP contribution in [0.25, 0.3) is 0 Å². The predicted octanol–water partition coefficient (Wildman–Crippen LogP) is -1.31. The summed E-state index contributed by atoms with van der Waals surface area (Å²) >= 11 is 0. The molecule has 0 saturated carbocycles. The van der Waals surface area contributed by atoms with E-state index in [1.807, 2.05) is 6.92 Å². The molecule has 0 aliphatic carbocycles. The van der Waals surface area contributed by atoms with Crippen molar-refractivity contribution in [3.8, 4) is 0 Å². The smallest absolute Gasteiger partial charge is 0.330 e. The summed E-state index contributed by atoms with van der Waals surface area (Å²) in [6.07, 6.45) is -2.34. The molecule has 0 aromatic carbocycles. The van der Waals surface area contributed by atoms with Crippen LogP contribution in [-0.2, 0) is 9.47 Å². The van der Waals surface area contributed by atoms with Crippen molar-refractivity contribution in [2.45, 2.75) is 37.9 Å². The molecule has 0 spiro atoms. The maximum Gasteiger partial charge on any atom is 0.330 e. The minimum Gasteiger partial charge on any atom is -0.387 e. The largest absolute Gasteiger partial charge is 0.387 e. The molecule has 134 valence electrons. The minimum atomic E-state index is -1.31. The van der Waals surface area contributed by atoms with Gasteiger partial charge in [-0.05, 0) is 13.3 Å². The zero-order valence-corrected chi connectivity index (χ0v) is 13.5. The first-order valence-electron chi connectivity index (χ1n) is 7.66. The molecule has 9 nitrogen and oxygen atoms in total. The molecule has 2 heterocycles. The van der Waals surface area contributed by atoms with Gasteiger partial charge in [-0.25, -0.2) is 4.79 Å². The van der Waals surface area contributed by atoms with Gasteiger partial charge in [0.15, 0.2) is 6.23 Å². The van der Waals surface area contributed by atoms with Crippen molar-refractivity contribution in [3.05, 3.63) is 45.3 Å². The Balaban J connectivity index is 1.87. The van der Waals surface area contributed by atoms with Gasteiger partial charge in [-0.2, -0.15) is 0 Å². The number of hydrogen-bond acceptors (Lipinski definition) is 7. The van der Waals surface area contributed by atoms with Crippen LogP contribution in [0.4, 0.5) is 0 Å². The zero-order chi connectivity index (χ0) is 17.7. The molecule has 4 atom stereocenters. The quantitative estimate of drug-likeness (QED) is 0.263. The van der Waals surface area contributed by atoms with Gasteiger partial charge in [0.2, 0.25) is 0 Å². The summed E-state index contributed by atoms with van der Waals surface area (Å²) in [6.45, 7) is 6.76. The van der Waals surface area contributed by atoms with E-state index in [-0.39, 0.29) is 13.3 Å². The number of hydrogen-bond donors (Lipinski definition) is 4. The second-order valence-corrected chi connectivity index (χ2v) is 5.79. The highest BCUT2D eigenvalue weighted by Gasteiger charge is 2.44. The third kappa shape index (κ3) is 4.62. The summed E-state index contributed by atoms with van der Waals surface area (Å²) in [4.78, 5) is 24.9. The number of nitrogens with zero attached hydrogens (tertiary/aromatic N) is 1. The number of ether oxygens (including phenoxy) is 2. The molecule has 2 rings (SSSR count). The Morgan fingerprint density at radius 3 is 2.88 bits per heavy atom. The Morgan fingerprint density at radius 2 is 2.21 bits per heavy atom. The van der Waals surface area contributed by atoms with Crippen molar-refractivity contribution in [2.75, 3.05) is 19.9 Å². The molecular formula is C15H23N3O6. The molecule has 1 aromatic heterocycles. The van der Waals surface area contributed by atoms with Crippen LogP contribution in [0.2, 0.25) is 0 Å². The Morgan fingerprint density at radius 1 is 1.46 bits per heavy atom. The van der Waals surface area contributed by atoms with Crippen molar-refractivity contribution >= 4 is 0 Å². The predicted molar refractivity (Wildman–Crippen MR) is 85.5 cm³/mol. The van der Waals surface area contributed by atoms with Crippen LogP contribution in [0.15, 0.2) is 34.0 Å². The number of rotatable bonds is 8. The van der Waals surface area contributed by atoms with Gasteiger partial charge in [-0.3, -0.25) is 19.7 Å². The second-order valence-electron chi connectivity index (χ2n) is 5.79. The highest BCUT2D eigenvalue weighted by atomic mass is 16.6. The van der Waals surface area contributed by atoms with Crippen LogP contribution in [0.3, 0.4) is 0 Å². The van der Waals surface area contributed by atoms with Crippen molar-refractivity contribution in [1.82, 2.24) is 14.9 Å². The first-order valence-corrected chi connectivity index (χ1v) is 7.66. The Labute approximate surface area is 138 Å². The van der Waals surface area contributed by atoms with Crippen molar-refractivity contribution in [1.29, 1.82) is 0 Å². The van der Waals surface area contributed by atoms with Crippen molar-refractivity contribution in [2.24, 2.45) is 0 Å². The maximum absolute atomic E-state index is 11.8. The topological polar surface area (TPSA) is 126 Å². The molecule has 0 radical (unpaired) electrons. The number of H-pyrrole nitrogens is 1. The lowest BCUT2D eigenvalue weighted by atomic mass is 10.1. The molecule has 1 aromatic rings. The molecule has 24 heavy (non-hydrogen) atoms. The Kier molecular flexibility index (Phi) is 6.46. The lowest BCUT2D eigenvalue weighted by molar-refractivity contribution is -0.0702. The Bertz CT molecular complexity index is 670. The monoisotopic (exact) mass is 341 g/mol. The van der Waals surface area contributed by atoms with E-state index in [2.05, 4.69) is 16.9 Å². The fourth-order valence-corrected chi connectivity index (χ4v) is 2.35. The lowest BCUT2D eigenvalue weighted by Crippen LogP contribution is -2.37. The first kappa shape index (κ1) is 18.6. The molecule has 0 unspecified atom stereocenters. The van der Waals surface area contributed by atoms with E-state index < -0.39 is 35.8 Å². The molecule has 0 bridgehead atoms. The lowest BCUT2D eigenvalue weighted by Gasteiger charge is -2.16. The van der Waals surface area contributed by atoms with E-state index >= 15 is 0 Å². The van der Waals surface area contributed by atoms with E-state index in [0.717, 1.165) is 29.2 Å². The molecule has 0 amide bonds. The van der Waals surface area contributed by atoms with E-state index in [0.29, 0.717) is 0 Å². The van der Waals surface area contributed by atoms with Gasteiger partial charge < -0.3 is 19.7 Å². The molecule has 1 aliphatic rings. The summed E-state index contributed by atoms with van der Waals surface area (Å²) in [5.41, 5.74) is -0.207. The average Bonchev–Trinajstić information content (AvgIpc) is 2.79. The van der Waals surface area contributed by atoms with Crippen molar-refractivity contribution in [3.63, 3.8) is 0 Å². The van der Waals surface area contributed by atoms with E-state index in [1.54, 1.807) is 0 Å². The van der Waals surface area contributed by atoms with Crippen LogP contribution in [0, 0.1) is 0 Å². The van der Waals surface area contributed by atoms with E-state index in [9.17, 15) is 19.8 Å². The van der Waals surface area contributed by atoms with Gasteiger partial charge in [0.25, 0.3) is 5.56 Å². The maximum atomic E-state index is 11.8. The average molecular weight is 341 g/mol. The van der Waals surface area contributed by atoms with Gasteiger partial charge in [-0.15, -0.1) is 6.58 Å². The molecule has 9 heteroatoms. The van der Waals surface area contributed by atoms with Gasteiger partial charge in [0.1, 0.15) is 18.3 Å². The van der Waals surface area contributed by atoms with Gasteiger partial charge in [0.05, 0.1) is 13.3 Å². The molecule has 1 saturated heterocycles. The highest BCUT2D eigenvalue weighted by Crippen LogP contribution is 2.28. The summed E-state index contributed by atoms with van der Waals surface area (Å²) in [5, 5.41) is 23.2. The summed E-state index contributed by atoms with van der Waals surface area (Å²) in [7, 11) is 0. The summed E-state index contributed by atoms with van der Waals surface area (Å²) in [5.74, 6) is 0. The molecule has 4 N–H and O–H groups in total. The number of aliphatic hydroxyl groups is 2. The molecular weight excluding hydrogens is 318 g/mol. The highest BCUT2D eigenvalue weighted by molar-refractivity contribution is 4.93.